The van der Waals surface area contributed by atoms with Crippen molar-refractivity contribution >= 4 is 13.5 Å². The largest absolute Gasteiger partial charge is 0.384 e. The van der Waals surface area contributed by atoms with Gasteiger partial charge in [0.2, 0.25) is 5.91 Å². The zero-order valence-electron chi connectivity index (χ0n) is 13.6. The molecular formula is C16H20N3O4P. The van der Waals surface area contributed by atoms with Crippen molar-refractivity contribution in [3.05, 3.63) is 47.3 Å². The molecule has 1 aromatic carbocycles. The first-order valence-corrected chi connectivity index (χ1v) is 9.24. The third kappa shape index (κ3) is 3.36. The van der Waals surface area contributed by atoms with Crippen LogP contribution in [0.2, 0.25) is 0 Å². The first-order chi connectivity index (χ1) is 11.5. The van der Waals surface area contributed by atoms with Crippen LogP contribution in [0.25, 0.3) is 0 Å². The Balaban J connectivity index is 2.64. The number of nitrogens with one attached hydrogen (secondary N) is 1. The summed E-state index contributed by atoms with van der Waals surface area (Å²) in [5.41, 5.74) is 5.43. The van der Waals surface area contributed by atoms with E-state index in [0.717, 1.165) is 0 Å². The molecular weight excluding hydrogens is 329 g/mol. The molecule has 0 aliphatic carbocycles. The lowest BCUT2D eigenvalue weighted by Gasteiger charge is -2.35. The van der Waals surface area contributed by atoms with Gasteiger partial charge < -0.3 is 20.1 Å². The number of hydrogen-bond donors (Lipinski definition) is 2. The van der Waals surface area contributed by atoms with E-state index < -0.39 is 25.1 Å². The number of amides is 1. The van der Waals surface area contributed by atoms with Crippen LogP contribution in [0.5, 0.6) is 0 Å². The van der Waals surface area contributed by atoms with E-state index in [0.29, 0.717) is 5.56 Å². The molecule has 1 aliphatic heterocycles. The molecule has 1 amide bonds. The fourth-order valence-corrected chi connectivity index (χ4v) is 4.93. The van der Waals surface area contributed by atoms with Gasteiger partial charge in [-0.1, -0.05) is 30.3 Å². The maximum Gasteiger partial charge on any atom is 0.344 e. The van der Waals surface area contributed by atoms with E-state index in [1.54, 1.807) is 38.1 Å². The van der Waals surface area contributed by atoms with E-state index in [1.807, 2.05) is 12.1 Å². The highest BCUT2D eigenvalue weighted by molar-refractivity contribution is 7.55. The van der Waals surface area contributed by atoms with E-state index in [-0.39, 0.29) is 24.6 Å². The van der Waals surface area contributed by atoms with Crippen molar-refractivity contribution < 1.29 is 18.4 Å². The Morgan fingerprint density at radius 1 is 1.25 bits per heavy atom. The van der Waals surface area contributed by atoms with Crippen LogP contribution in [0.4, 0.5) is 0 Å². The molecule has 24 heavy (non-hydrogen) atoms. The fourth-order valence-electron chi connectivity index (χ4n) is 2.77. The molecule has 7 nitrogen and oxygen atoms in total. The average molecular weight is 349 g/mol. The first kappa shape index (κ1) is 18.2. The van der Waals surface area contributed by atoms with Gasteiger partial charge in [-0.15, -0.1) is 0 Å². The van der Waals surface area contributed by atoms with Gasteiger partial charge in [0.1, 0.15) is 5.82 Å². The number of allylic oxidation sites excluding steroid dienone is 1. The Labute approximate surface area is 141 Å². The summed E-state index contributed by atoms with van der Waals surface area (Å²) in [7, 11) is -3.80. The Hall–Kier alpha value is -2.13. The molecule has 0 bridgehead atoms. The summed E-state index contributed by atoms with van der Waals surface area (Å²) in [5.74, 6) is -1.41. The van der Waals surface area contributed by atoms with Gasteiger partial charge in [0, 0.05) is 5.92 Å². The van der Waals surface area contributed by atoms with Crippen LogP contribution in [-0.4, -0.2) is 24.8 Å². The second-order valence-electron chi connectivity index (χ2n) is 5.14. The zero-order valence-corrected chi connectivity index (χ0v) is 14.5. The van der Waals surface area contributed by atoms with Gasteiger partial charge >= 0.3 is 7.60 Å². The lowest BCUT2D eigenvalue weighted by Crippen LogP contribution is -2.46. The second kappa shape index (κ2) is 7.63. The molecule has 0 radical (unpaired) electrons. The molecule has 0 saturated heterocycles. The summed E-state index contributed by atoms with van der Waals surface area (Å²) in [6, 6.07) is 10.9. The minimum absolute atomic E-state index is 0.0350. The minimum atomic E-state index is -3.80. The number of nitrogens with zero attached hydrogens (tertiary/aromatic N) is 1. The van der Waals surface area contributed by atoms with Gasteiger partial charge in [0.15, 0.2) is 5.66 Å². The molecule has 0 fully saturated rings. The lowest BCUT2D eigenvalue weighted by molar-refractivity contribution is -0.121. The van der Waals surface area contributed by atoms with Crippen molar-refractivity contribution in [1.82, 2.24) is 5.32 Å². The predicted octanol–water partition coefficient (Wildman–Crippen LogP) is 2.23. The van der Waals surface area contributed by atoms with Crippen LogP contribution < -0.4 is 11.1 Å². The summed E-state index contributed by atoms with van der Waals surface area (Å²) in [5, 5.41) is 11.9. The van der Waals surface area contributed by atoms with E-state index in [1.165, 1.54) is 0 Å². The number of carbonyl (C=O) groups is 1. The molecule has 2 rings (SSSR count). The molecule has 0 unspecified atom stereocenters. The van der Waals surface area contributed by atoms with Gasteiger partial charge in [-0.05, 0) is 19.4 Å². The van der Waals surface area contributed by atoms with Gasteiger partial charge in [-0.25, -0.2) is 0 Å². The summed E-state index contributed by atoms with van der Waals surface area (Å²) < 4.78 is 24.0. The van der Waals surface area contributed by atoms with E-state index in [2.05, 4.69) is 5.32 Å². The molecule has 128 valence electrons. The van der Waals surface area contributed by atoms with E-state index in [9.17, 15) is 14.6 Å². The lowest BCUT2D eigenvalue weighted by atomic mass is 9.86. The molecule has 2 atom stereocenters. The molecule has 1 aromatic rings. The van der Waals surface area contributed by atoms with E-state index in [4.69, 9.17) is 14.8 Å². The second-order valence-corrected chi connectivity index (χ2v) is 7.29. The molecule has 8 heteroatoms. The maximum atomic E-state index is 13.3. The number of benzene rings is 1. The van der Waals surface area contributed by atoms with Crippen LogP contribution >= 0.6 is 7.60 Å². The van der Waals surface area contributed by atoms with Gasteiger partial charge in [0.25, 0.3) is 0 Å². The highest BCUT2D eigenvalue weighted by atomic mass is 31.2. The number of nitrogens with two attached hydrogens (primary N) is 1. The third-order valence-electron chi connectivity index (χ3n) is 3.68. The summed E-state index contributed by atoms with van der Waals surface area (Å²) in [4.78, 5) is 12.6. The SMILES string of the molecule is CCOP(=O)(OCC)[C@@H]1C(=O)NC(N)=C(C#N)[C@H]1c1ccccc1. The Kier molecular flexibility index (Phi) is 5.79. The third-order valence-corrected chi connectivity index (χ3v) is 6.13. The fraction of sp³-hybridized carbons (Fsp3) is 0.375. The molecule has 1 aliphatic rings. The molecule has 3 N–H and O–H groups in total. The minimum Gasteiger partial charge on any atom is -0.384 e. The molecule has 0 aromatic heterocycles. The summed E-state index contributed by atoms with van der Waals surface area (Å²) in [6.07, 6.45) is 0. The molecule has 0 saturated carbocycles. The smallest absolute Gasteiger partial charge is 0.344 e. The van der Waals surface area contributed by atoms with Crippen LogP contribution in [0, 0.1) is 11.3 Å². The van der Waals surface area contributed by atoms with Crippen molar-refractivity contribution in [3.8, 4) is 6.07 Å². The van der Waals surface area contributed by atoms with E-state index >= 15 is 0 Å². The Bertz CT molecular complexity index is 717. The van der Waals surface area contributed by atoms with Gasteiger partial charge in [-0.3, -0.25) is 9.36 Å². The van der Waals surface area contributed by atoms with Crippen molar-refractivity contribution in [1.29, 1.82) is 5.26 Å². The number of nitriles is 1. The number of hydrogen-bond acceptors (Lipinski definition) is 6. The Morgan fingerprint density at radius 2 is 1.83 bits per heavy atom. The average Bonchev–Trinajstić information content (AvgIpc) is 2.55. The number of rotatable bonds is 6. The summed E-state index contributed by atoms with van der Waals surface area (Å²) in [6.45, 7) is 3.56. The van der Waals surface area contributed by atoms with Crippen LogP contribution in [-0.2, 0) is 18.4 Å². The van der Waals surface area contributed by atoms with Crippen molar-refractivity contribution in [2.45, 2.75) is 25.4 Å². The summed E-state index contributed by atoms with van der Waals surface area (Å²) >= 11 is 0. The normalized spacial score (nSPS) is 21.3. The van der Waals surface area contributed by atoms with Crippen molar-refractivity contribution in [2.75, 3.05) is 13.2 Å². The zero-order chi connectivity index (χ0) is 17.7. The predicted molar refractivity (Wildman–Crippen MR) is 88.8 cm³/mol. The van der Waals surface area contributed by atoms with Crippen molar-refractivity contribution in [3.63, 3.8) is 0 Å². The Morgan fingerprint density at radius 3 is 2.33 bits per heavy atom. The quantitative estimate of drug-likeness (QED) is 0.761. The molecule has 0 spiro atoms. The first-order valence-electron chi connectivity index (χ1n) is 7.62. The van der Waals surface area contributed by atoms with Crippen LogP contribution in [0.15, 0.2) is 41.7 Å². The maximum absolute atomic E-state index is 13.3. The monoisotopic (exact) mass is 349 g/mol. The van der Waals surface area contributed by atoms with Gasteiger partial charge in [-0.2, -0.15) is 5.26 Å². The standard InChI is InChI=1S/C16H20N3O4P/c1-3-22-24(21,23-4-2)14-13(11-8-6-5-7-9-11)12(10-17)15(18)19-16(14)20/h5-9,13-14H,3-4,18H2,1-2H3,(H,19,20)/t13-,14+/m1/s1. The topological polar surface area (TPSA) is 114 Å². The highest BCUT2D eigenvalue weighted by Gasteiger charge is 2.51. The van der Waals surface area contributed by atoms with Gasteiger partial charge in [0.05, 0.1) is 24.9 Å². The highest BCUT2D eigenvalue weighted by Crippen LogP contribution is 2.59. The molecule has 1 heterocycles. The van der Waals surface area contributed by atoms with Crippen LogP contribution in [0.1, 0.15) is 25.3 Å². The number of carbonyl (C=O) groups excluding carboxylic acids is 1. The van der Waals surface area contributed by atoms with Crippen LogP contribution in [0.3, 0.4) is 0 Å². The van der Waals surface area contributed by atoms with Crippen molar-refractivity contribution in [2.24, 2.45) is 5.73 Å².